The highest BCUT2D eigenvalue weighted by molar-refractivity contribution is 6.04. The normalized spacial score (nSPS) is 11.3. The van der Waals surface area contributed by atoms with E-state index in [2.05, 4.69) is 15.3 Å². The van der Waals surface area contributed by atoms with E-state index >= 15 is 0 Å². The van der Waals surface area contributed by atoms with Crippen molar-refractivity contribution in [3.8, 4) is 11.3 Å². The molecule has 0 saturated heterocycles. The third-order valence-corrected chi connectivity index (χ3v) is 3.15. The van der Waals surface area contributed by atoms with E-state index < -0.39 is 17.8 Å². The summed E-state index contributed by atoms with van der Waals surface area (Å²) in [6, 6.07) is 8.63. The first kappa shape index (κ1) is 15.7. The minimum absolute atomic E-state index is 0.0214. The zero-order valence-corrected chi connectivity index (χ0v) is 12.0. The lowest BCUT2D eigenvalue weighted by molar-refractivity contribution is -0.141. The molecule has 0 saturated carbocycles. The lowest BCUT2D eigenvalue weighted by Gasteiger charge is -2.08. The van der Waals surface area contributed by atoms with Crippen LogP contribution < -0.4 is 5.32 Å². The van der Waals surface area contributed by atoms with E-state index in [1.165, 1.54) is 12.6 Å². The molecule has 3 aromatic rings. The van der Waals surface area contributed by atoms with Crippen LogP contribution in [0.2, 0.25) is 0 Å². The SMILES string of the molecule is O=C(Nc1cccc(-c2cnco2)c1)c1ccc(C(F)(F)F)nc1. The van der Waals surface area contributed by atoms with Crippen molar-refractivity contribution in [1.29, 1.82) is 0 Å². The van der Waals surface area contributed by atoms with E-state index in [4.69, 9.17) is 4.42 Å². The molecule has 0 aliphatic rings. The molecule has 3 rings (SSSR count). The second-order valence-corrected chi connectivity index (χ2v) is 4.83. The second-order valence-electron chi connectivity index (χ2n) is 4.83. The Labute approximate surface area is 134 Å². The number of alkyl halides is 3. The van der Waals surface area contributed by atoms with Gasteiger partial charge in [-0.05, 0) is 24.3 Å². The van der Waals surface area contributed by atoms with Crippen LogP contribution in [0.3, 0.4) is 0 Å². The molecule has 1 N–H and O–H groups in total. The zero-order chi connectivity index (χ0) is 17.2. The molecule has 1 aromatic carbocycles. The van der Waals surface area contributed by atoms with Gasteiger partial charge < -0.3 is 9.73 Å². The summed E-state index contributed by atoms with van der Waals surface area (Å²) < 4.78 is 42.6. The summed E-state index contributed by atoms with van der Waals surface area (Å²) in [5, 5.41) is 2.60. The van der Waals surface area contributed by atoms with Crippen molar-refractivity contribution < 1.29 is 22.4 Å². The van der Waals surface area contributed by atoms with Crippen LogP contribution in [0.15, 0.2) is 59.6 Å². The Balaban J connectivity index is 1.76. The molecule has 8 heteroatoms. The molecule has 0 atom stereocenters. The summed E-state index contributed by atoms with van der Waals surface area (Å²) in [6.45, 7) is 0. The molecule has 5 nitrogen and oxygen atoms in total. The molecule has 0 fully saturated rings. The maximum atomic E-state index is 12.5. The highest BCUT2D eigenvalue weighted by atomic mass is 19.4. The first-order valence-electron chi connectivity index (χ1n) is 6.77. The topological polar surface area (TPSA) is 68.0 Å². The molecule has 0 spiro atoms. The van der Waals surface area contributed by atoms with Crippen LogP contribution in [0.1, 0.15) is 16.1 Å². The van der Waals surface area contributed by atoms with Crippen molar-refractivity contribution in [2.45, 2.75) is 6.18 Å². The van der Waals surface area contributed by atoms with Crippen LogP contribution in [0.4, 0.5) is 18.9 Å². The molecule has 0 radical (unpaired) electrons. The predicted octanol–water partition coefficient (Wildman–Crippen LogP) is 4.01. The molecule has 24 heavy (non-hydrogen) atoms. The smallest absolute Gasteiger partial charge is 0.433 e. The molecule has 1 amide bonds. The van der Waals surface area contributed by atoms with Gasteiger partial charge in [0.05, 0.1) is 11.8 Å². The summed E-state index contributed by atoms with van der Waals surface area (Å²) in [5.74, 6) is -0.0340. The zero-order valence-electron chi connectivity index (χ0n) is 12.0. The molecule has 0 aliphatic carbocycles. The number of hydrogen-bond acceptors (Lipinski definition) is 4. The Hall–Kier alpha value is -3.16. The second kappa shape index (κ2) is 6.15. The first-order valence-corrected chi connectivity index (χ1v) is 6.77. The number of benzene rings is 1. The van der Waals surface area contributed by atoms with E-state index in [-0.39, 0.29) is 5.56 Å². The summed E-state index contributed by atoms with van der Waals surface area (Å²) >= 11 is 0. The fourth-order valence-electron chi connectivity index (χ4n) is 2.01. The Morgan fingerprint density at radius 3 is 2.58 bits per heavy atom. The predicted molar refractivity (Wildman–Crippen MR) is 79.1 cm³/mol. The Bertz CT molecular complexity index is 844. The Morgan fingerprint density at radius 1 is 1.12 bits per heavy atom. The number of nitrogens with zero attached hydrogens (tertiary/aromatic N) is 2. The maximum absolute atomic E-state index is 12.5. The fourth-order valence-corrected chi connectivity index (χ4v) is 2.01. The molecule has 0 unspecified atom stereocenters. The number of halogens is 3. The van der Waals surface area contributed by atoms with E-state index in [9.17, 15) is 18.0 Å². The first-order chi connectivity index (χ1) is 11.4. The van der Waals surface area contributed by atoms with Gasteiger partial charge in [-0.3, -0.25) is 9.78 Å². The van der Waals surface area contributed by atoms with Crippen LogP contribution in [0, 0.1) is 0 Å². The standard InChI is InChI=1S/C16H10F3N3O2/c17-16(18,19)14-5-4-11(7-21-14)15(23)22-12-3-1-2-10(6-12)13-8-20-9-24-13/h1-9H,(H,22,23). The van der Waals surface area contributed by atoms with E-state index in [1.54, 1.807) is 24.3 Å². The summed E-state index contributed by atoms with van der Waals surface area (Å²) in [7, 11) is 0. The summed E-state index contributed by atoms with van der Waals surface area (Å²) in [4.78, 5) is 19.2. The number of carbonyl (C=O) groups is 1. The summed E-state index contributed by atoms with van der Waals surface area (Å²) in [5.41, 5.74) is 0.143. The molecule has 0 aliphatic heterocycles. The number of hydrogen-bond donors (Lipinski definition) is 1. The van der Waals surface area contributed by atoms with Gasteiger partial charge >= 0.3 is 6.18 Å². The molecule has 2 aromatic heterocycles. The van der Waals surface area contributed by atoms with Crippen molar-refractivity contribution in [2.75, 3.05) is 5.32 Å². The third kappa shape index (κ3) is 3.43. The fraction of sp³-hybridized carbons (Fsp3) is 0.0625. The number of carbonyl (C=O) groups excluding carboxylic acids is 1. The summed E-state index contributed by atoms with van der Waals surface area (Å²) in [6.07, 6.45) is -0.839. The average Bonchev–Trinajstić information content (AvgIpc) is 3.09. The van der Waals surface area contributed by atoms with Crippen molar-refractivity contribution in [3.05, 3.63) is 66.4 Å². The number of nitrogens with one attached hydrogen (secondary N) is 1. The Kier molecular flexibility index (Phi) is 4.03. The molecule has 2 heterocycles. The minimum atomic E-state index is -4.54. The number of pyridine rings is 1. The van der Waals surface area contributed by atoms with Gasteiger partial charge in [0.25, 0.3) is 5.91 Å². The van der Waals surface area contributed by atoms with Crippen molar-refractivity contribution >= 4 is 11.6 Å². The largest absolute Gasteiger partial charge is 0.444 e. The van der Waals surface area contributed by atoms with Gasteiger partial charge in [0.15, 0.2) is 12.2 Å². The van der Waals surface area contributed by atoms with Gasteiger partial charge in [-0.15, -0.1) is 0 Å². The lowest BCUT2D eigenvalue weighted by atomic mass is 10.1. The lowest BCUT2D eigenvalue weighted by Crippen LogP contribution is -2.14. The monoisotopic (exact) mass is 333 g/mol. The van der Waals surface area contributed by atoms with Gasteiger partial charge in [-0.25, -0.2) is 4.98 Å². The van der Waals surface area contributed by atoms with Crippen LogP contribution in [-0.2, 0) is 6.18 Å². The van der Waals surface area contributed by atoms with Crippen molar-refractivity contribution in [3.63, 3.8) is 0 Å². The van der Waals surface area contributed by atoms with Crippen molar-refractivity contribution in [1.82, 2.24) is 9.97 Å². The number of oxazole rings is 1. The average molecular weight is 333 g/mol. The van der Waals surface area contributed by atoms with Gasteiger partial charge in [-0.1, -0.05) is 12.1 Å². The van der Waals surface area contributed by atoms with E-state index in [0.29, 0.717) is 17.0 Å². The highest BCUT2D eigenvalue weighted by Crippen LogP contribution is 2.27. The van der Waals surface area contributed by atoms with Gasteiger partial charge in [0.1, 0.15) is 5.69 Å². The molecule has 0 bridgehead atoms. The van der Waals surface area contributed by atoms with Gasteiger partial charge in [-0.2, -0.15) is 13.2 Å². The maximum Gasteiger partial charge on any atom is 0.433 e. The van der Waals surface area contributed by atoms with Crippen LogP contribution in [0.25, 0.3) is 11.3 Å². The Morgan fingerprint density at radius 2 is 1.96 bits per heavy atom. The van der Waals surface area contributed by atoms with Gasteiger partial charge in [0, 0.05) is 17.4 Å². The third-order valence-electron chi connectivity index (χ3n) is 3.15. The van der Waals surface area contributed by atoms with Gasteiger partial charge in [0.2, 0.25) is 0 Å². The minimum Gasteiger partial charge on any atom is -0.444 e. The van der Waals surface area contributed by atoms with Crippen LogP contribution in [0.5, 0.6) is 0 Å². The molecular weight excluding hydrogens is 323 g/mol. The van der Waals surface area contributed by atoms with E-state index in [1.807, 2.05) is 0 Å². The van der Waals surface area contributed by atoms with Crippen molar-refractivity contribution in [2.24, 2.45) is 0 Å². The molecular formula is C16H10F3N3O2. The number of rotatable bonds is 3. The number of amides is 1. The molecule has 122 valence electrons. The number of aromatic nitrogens is 2. The van der Waals surface area contributed by atoms with Crippen LogP contribution in [-0.4, -0.2) is 15.9 Å². The highest BCUT2D eigenvalue weighted by Gasteiger charge is 2.32. The quantitative estimate of drug-likeness (QED) is 0.786. The number of anilines is 1. The van der Waals surface area contributed by atoms with Crippen LogP contribution >= 0.6 is 0 Å². The van der Waals surface area contributed by atoms with E-state index in [0.717, 1.165) is 18.3 Å².